The second kappa shape index (κ2) is 3.75. The van der Waals surface area contributed by atoms with E-state index in [0.717, 1.165) is 6.42 Å². The van der Waals surface area contributed by atoms with Crippen molar-refractivity contribution in [3.8, 4) is 0 Å². The largest absolute Gasteiger partial charge is 0.277 e. The first-order valence-corrected chi connectivity index (χ1v) is 7.63. The maximum Gasteiger partial charge on any atom is 0.234 e. The van der Waals surface area contributed by atoms with Gasteiger partial charge in [0.1, 0.15) is 0 Å². The zero-order valence-corrected chi connectivity index (χ0v) is 13.4. The predicted molar refractivity (Wildman–Crippen MR) is 77.7 cm³/mol. The fourth-order valence-corrected chi connectivity index (χ4v) is 4.49. The molecule has 20 heavy (non-hydrogen) atoms. The lowest BCUT2D eigenvalue weighted by Gasteiger charge is -2.32. The number of amides is 2. The molecule has 0 spiro atoms. The van der Waals surface area contributed by atoms with Crippen LogP contribution in [0.1, 0.15) is 48.0 Å². The van der Waals surface area contributed by atoms with Crippen molar-refractivity contribution in [3.05, 3.63) is 11.6 Å². The topological polar surface area (TPSA) is 37.4 Å². The van der Waals surface area contributed by atoms with Gasteiger partial charge in [-0.25, -0.2) is 0 Å². The summed E-state index contributed by atoms with van der Waals surface area (Å²) in [5.41, 5.74) is 1.09. The fourth-order valence-electron chi connectivity index (χ4n) is 4.49. The molecule has 0 aromatic rings. The lowest BCUT2D eigenvalue weighted by molar-refractivity contribution is -0.146. The molecule has 2 aliphatic carbocycles. The second-order valence-electron chi connectivity index (χ2n) is 8.61. The summed E-state index contributed by atoms with van der Waals surface area (Å²) < 4.78 is 0. The van der Waals surface area contributed by atoms with Gasteiger partial charge in [-0.15, -0.1) is 0 Å². The fraction of sp³-hybridized carbons (Fsp3) is 0.765. The first-order chi connectivity index (χ1) is 9.03. The lowest BCUT2D eigenvalue weighted by Crippen LogP contribution is -2.46. The summed E-state index contributed by atoms with van der Waals surface area (Å²) in [6, 6.07) is 0. The average Bonchev–Trinajstić information content (AvgIpc) is 2.87. The molecule has 2 fully saturated rings. The SMILES string of the molecule is CC(C)(C)C1=CC2CC1C1C(=O)N(C(C)(C)C)C(=O)C21. The quantitative estimate of drug-likeness (QED) is 0.503. The Morgan fingerprint density at radius 3 is 2.05 bits per heavy atom. The van der Waals surface area contributed by atoms with Gasteiger partial charge in [0.15, 0.2) is 0 Å². The number of fused-ring (bicyclic) bond motifs is 5. The van der Waals surface area contributed by atoms with Crippen molar-refractivity contribution < 1.29 is 9.59 Å². The van der Waals surface area contributed by atoms with Gasteiger partial charge in [-0.2, -0.15) is 0 Å². The van der Waals surface area contributed by atoms with Crippen molar-refractivity contribution in [1.29, 1.82) is 0 Å². The number of allylic oxidation sites excluding steroid dienone is 2. The normalized spacial score (nSPS) is 36.7. The summed E-state index contributed by atoms with van der Waals surface area (Å²) in [5, 5.41) is 0. The maximum atomic E-state index is 12.8. The molecule has 2 bridgehead atoms. The molecule has 3 aliphatic rings. The zero-order chi connectivity index (χ0) is 15.0. The highest BCUT2D eigenvalue weighted by molar-refractivity contribution is 6.07. The maximum absolute atomic E-state index is 12.8. The minimum atomic E-state index is -0.403. The van der Waals surface area contributed by atoms with E-state index < -0.39 is 5.54 Å². The van der Waals surface area contributed by atoms with Gasteiger partial charge >= 0.3 is 0 Å². The minimum absolute atomic E-state index is 0.0595. The van der Waals surface area contributed by atoms with Crippen LogP contribution in [-0.2, 0) is 9.59 Å². The number of hydrogen-bond donors (Lipinski definition) is 0. The third kappa shape index (κ3) is 1.64. The molecule has 3 rings (SSSR count). The van der Waals surface area contributed by atoms with E-state index in [1.54, 1.807) is 0 Å². The lowest BCUT2D eigenvalue weighted by atomic mass is 9.72. The van der Waals surface area contributed by atoms with Gasteiger partial charge in [0.2, 0.25) is 11.8 Å². The van der Waals surface area contributed by atoms with Gasteiger partial charge in [0, 0.05) is 5.54 Å². The van der Waals surface area contributed by atoms with E-state index in [-0.39, 0.29) is 40.9 Å². The Balaban J connectivity index is 1.99. The van der Waals surface area contributed by atoms with Crippen LogP contribution in [0, 0.1) is 29.1 Å². The van der Waals surface area contributed by atoms with Crippen LogP contribution in [0.3, 0.4) is 0 Å². The number of carbonyl (C=O) groups excluding carboxylic acids is 2. The first-order valence-electron chi connectivity index (χ1n) is 7.63. The number of carbonyl (C=O) groups is 2. The van der Waals surface area contributed by atoms with Crippen molar-refractivity contribution in [3.63, 3.8) is 0 Å². The Labute approximate surface area is 121 Å². The summed E-state index contributed by atoms with van der Waals surface area (Å²) in [4.78, 5) is 27.0. The number of rotatable bonds is 0. The summed E-state index contributed by atoms with van der Waals surface area (Å²) in [5.74, 6) is 0.514. The molecule has 4 unspecified atom stereocenters. The van der Waals surface area contributed by atoms with Crippen molar-refractivity contribution in [2.75, 3.05) is 0 Å². The van der Waals surface area contributed by atoms with Crippen LogP contribution < -0.4 is 0 Å². The summed E-state index contributed by atoms with van der Waals surface area (Å²) in [7, 11) is 0. The number of hydrogen-bond acceptors (Lipinski definition) is 2. The van der Waals surface area contributed by atoms with Crippen LogP contribution in [0.5, 0.6) is 0 Å². The Morgan fingerprint density at radius 2 is 1.55 bits per heavy atom. The summed E-state index contributed by atoms with van der Waals surface area (Å²) in [6.45, 7) is 12.5. The molecule has 1 aliphatic heterocycles. The molecule has 1 saturated carbocycles. The van der Waals surface area contributed by atoms with Crippen LogP contribution in [0.25, 0.3) is 0 Å². The predicted octanol–water partition coefficient (Wildman–Crippen LogP) is 3.01. The van der Waals surface area contributed by atoms with Crippen LogP contribution >= 0.6 is 0 Å². The van der Waals surface area contributed by atoms with Gasteiger partial charge in [-0.1, -0.05) is 32.4 Å². The molecule has 110 valence electrons. The highest BCUT2D eigenvalue weighted by Gasteiger charge is 2.63. The Kier molecular flexibility index (Phi) is 2.59. The summed E-state index contributed by atoms with van der Waals surface area (Å²) >= 11 is 0. The van der Waals surface area contributed by atoms with Crippen LogP contribution in [-0.4, -0.2) is 22.3 Å². The Bertz CT molecular complexity index is 518. The molecular formula is C17H25NO2. The van der Waals surface area contributed by atoms with Gasteiger partial charge in [0.25, 0.3) is 0 Å². The van der Waals surface area contributed by atoms with Gasteiger partial charge in [-0.3, -0.25) is 14.5 Å². The van der Waals surface area contributed by atoms with Crippen molar-refractivity contribution in [2.45, 2.75) is 53.5 Å². The van der Waals surface area contributed by atoms with Gasteiger partial charge in [0.05, 0.1) is 11.8 Å². The second-order valence-corrected chi connectivity index (χ2v) is 8.61. The molecule has 0 radical (unpaired) electrons. The molecule has 3 heteroatoms. The van der Waals surface area contributed by atoms with E-state index in [9.17, 15) is 9.59 Å². The highest BCUT2D eigenvalue weighted by atomic mass is 16.2. The van der Waals surface area contributed by atoms with E-state index in [4.69, 9.17) is 0 Å². The van der Waals surface area contributed by atoms with E-state index in [0.29, 0.717) is 0 Å². The number of imide groups is 1. The summed E-state index contributed by atoms with van der Waals surface area (Å²) in [6.07, 6.45) is 3.29. The monoisotopic (exact) mass is 275 g/mol. The van der Waals surface area contributed by atoms with Crippen molar-refractivity contribution >= 4 is 11.8 Å². The Morgan fingerprint density at radius 1 is 1.00 bits per heavy atom. The smallest absolute Gasteiger partial charge is 0.234 e. The first kappa shape index (κ1) is 13.8. The van der Waals surface area contributed by atoms with Crippen LogP contribution in [0.4, 0.5) is 0 Å². The van der Waals surface area contributed by atoms with E-state index >= 15 is 0 Å². The van der Waals surface area contributed by atoms with Gasteiger partial charge in [-0.05, 0) is 44.4 Å². The Hall–Kier alpha value is -1.12. The van der Waals surface area contributed by atoms with Crippen molar-refractivity contribution in [1.82, 2.24) is 4.90 Å². The van der Waals surface area contributed by atoms with E-state index in [2.05, 4.69) is 26.8 Å². The van der Waals surface area contributed by atoms with Crippen molar-refractivity contribution in [2.24, 2.45) is 29.1 Å². The standard InChI is InChI=1S/C17H25NO2/c1-16(2,3)11-8-9-7-10(11)13-12(9)14(19)18(15(13)20)17(4,5)6/h8-10,12-13H,7H2,1-6H3. The number of nitrogens with zero attached hydrogens (tertiary/aromatic N) is 1. The zero-order valence-electron chi connectivity index (χ0n) is 13.4. The number of likely N-dealkylation sites (tertiary alicyclic amines) is 1. The molecule has 2 amide bonds. The van der Waals surface area contributed by atoms with E-state index in [1.165, 1.54) is 10.5 Å². The molecule has 1 saturated heterocycles. The molecular weight excluding hydrogens is 250 g/mol. The van der Waals surface area contributed by atoms with E-state index in [1.807, 2.05) is 20.8 Å². The minimum Gasteiger partial charge on any atom is -0.277 e. The van der Waals surface area contributed by atoms with Crippen LogP contribution in [0.15, 0.2) is 11.6 Å². The average molecular weight is 275 g/mol. The molecule has 0 aromatic carbocycles. The van der Waals surface area contributed by atoms with Crippen LogP contribution in [0.2, 0.25) is 0 Å². The molecule has 3 nitrogen and oxygen atoms in total. The third-order valence-corrected chi connectivity index (χ3v) is 5.15. The third-order valence-electron chi connectivity index (χ3n) is 5.15. The molecule has 0 aromatic heterocycles. The molecule has 1 heterocycles. The van der Waals surface area contributed by atoms with Gasteiger partial charge < -0.3 is 0 Å². The highest BCUT2D eigenvalue weighted by Crippen LogP contribution is 2.59. The molecule has 4 atom stereocenters. The molecule has 0 N–H and O–H groups in total.